The zero-order chi connectivity index (χ0) is 21.7. The van der Waals surface area contributed by atoms with Gasteiger partial charge in [0, 0.05) is 16.9 Å². The smallest absolute Gasteiger partial charge is 0.261 e. The second-order valence-corrected chi connectivity index (χ2v) is 8.54. The minimum atomic E-state index is -3.77. The molecule has 1 amide bonds. The summed E-state index contributed by atoms with van der Waals surface area (Å²) in [5.74, 6) is 0.366. The molecule has 0 aliphatic rings. The molecule has 0 aliphatic carbocycles. The molecule has 30 heavy (non-hydrogen) atoms. The summed E-state index contributed by atoms with van der Waals surface area (Å²) in [5, 5.41) is 2.85. The van der Waals surface area contributed by atoms with Crippen LogP contribution in [0.4, 0.5) is 11.4 Å². The highest BCUT2D eigenvalue weighted by Gasteiger charge is 2.16. The number of carbonyl (C=O) groups excluding carboxylic acids is 1. The van der Waals surface area contributed by atoms with Gasteiger partial charge in [-0.3, -0.25) is 9.52 Å². The molecule has 0 atom stereocenters. The summed E-state index contributed by atoms with van der Waals surface area (Å²) in [7, 11) is -3.77. The van der Waals surface area contributed by atoms with Crippen LogP contribution in [0.15, 0.2) is 71.6 Å². The molecule has 0 saturated heterocycles. The number of hydrogen-bond acceptors (Lipinski definition) is 4. The van der Waals surface area contributed by atoms with E-state index in [0.717, 1.165) is 16.8 Å². The highest BCUT2D eigenvalue weighted by molar-refractivity contribution is 7.92. The van der Waals surface area contributed by atoms with Crippen molar-refractivity contribution in [1.82, 2.24) is 0 Å². The molecular weight excluding hydrogens is 400 g/mol. The van der Waals surface area contributed by atoms with Gasteiger partial charge in [-0.05, 0) is 80.9 Å². The van der Waals surface area contributed by atoms with Gasteiger partial charge in [-0.25, -0.2) is 8.42 Å². The fourth-order valence-corrected chi connectivity index (χ4v) is 3.99. The lowest BCUT2D eigenvalue weighted by atomic mass is 10.1. The van der Waals surface area contributed by atoms with E-state index in [4.69, 9.17) is 4.74 Å². The molecule has 0 aliphatic heterocycles. The lowest BCUT2D eigenvalue weighted by Gasteiger charge is -2.11. The van der Waals surface area contributed by atoms with Crippen molar-refractivity contribution in [2.45, 2.75) is 25.7 Å². The maximum Gasteiger partial charge on any atom is 0.261 e. The molecular formula is C23H24N2O4S. The molecule has 0 unspecified atom stereocenters. The van der Waals surface area contributed by atoms with E-state index in [1.54, 1.807) is 24.3 Å². The Bertz CT molecular complexity index is 1140. The molecule has 7 heteroatoms. The van der Waals surface area contributed by atoms with Crippen LogP contribution in [-0.2, 0) is 10.0 Å². The number of ether oxygens (including phenoxy) is 1. The van der Waals surface area contributed by atoms with E-state index in [9.17, 15) is 13.2 Å². The van der Waals surface area contributed by atoms with E-state index >= 15 is 0 Å². The Balaban J connectivity index is 1.71. The average Bonchev–Trinajstić information content (AvgIpc) is 2.71. The van der Waals surface area contributed by atoms with Crippen molar-refractivity contribution >= 4 is 27.3 Å². The largest absolute Gasteiger partial charge is 0.494 e. The van der Waals surface area contributed by atoms with Gasteiger partial charge in [0.2, 0.25) is 0 Å². The van der Waals surface area contributed by atoms with Gasteiger partial charge in [0.05, 0.1) is 11.5 Å². The summed E-state index contributed by atoms with van der Waals surface area (Å²) in [6.07, 6.45) is 0. The van der Waals surface area contributed by atoms with Crippen LogP contribution in [0.3, 0.4) is 0 Å². The molecule has 0 radical (unpaired) electrons. The molecule has 156 valence electrons. The van der Waals surface area contributed by atoms with Crippen LogP contribution < -0.4 is 14.8 Å². The molecule has 3 aromatic rings. The van der Waals surface area contributed by atoms with Crippen molar-refractivity contribution in [3.63, 3.8) is 0 Å². The van der Waals surface area contributed by atoms with Gasteiger partial charge in [0.1, 0.15) is 5.75 Å². The van der Waals surface area contributed by atoms with E-state index in [0.29, 0.717) is 23.6 Å². The fraction of sp³-hybridized carbons (Fsp3) is 0.174. The Labute approximate surface area is 177 Å². The molecule has 2 N–H and O–H groups in total. The summed E-state index contributed by atoms with van der Waals surface area (Å²) in [6, 6.07) is 18.2. The summed E-state index contributed by atoms with van der Waals surface area (Å²) in [4.78, 5) is 12.6. The first-order valence-corrected chi connectivity index (χ1v) is 11.0. The number of amides is 1. The molecule has 0 aromatic heterocycles. The Morgan fingerprint density at radius 2 is 1.60 bits per heavy atom. The number of nitrogens with one attached hydrogen (secondary N) is 2. The van der Waals surface area contributed by atoms with Crippen molar-refractivity contribution in [3.05, 3.63) is 83.4 Å². The van der Waals surface area contributed by atoms with E-state index in [1.165, 1.54) is 24.3 Å². The molecule has 0 heterocycles. The summed E-state index contributed by atoms with van der Waals surface area (Å²) >= 11 is 0. The van der Waals surface area contributed by atoms with Crippen molar-refractivity contribution in [3.8, 4) is 5.75 Å². The second-order valence-electron chi connectivity index (χ2n) is 6.86. The summed E-state index contributed by atoms with van der Waals surface area (Å²) in [5.41, 5.74) is 3.59. The molecule has 3 aromatic carbocycles. The van der Waals surface area contributed by atoms with E-state index in [1.807, 2.05) is 39.0 Å². The second kappa shape index (κ2) is 9.00. The third-order valence-electron chi connectivity index (χ3n) is 4.47. The first kappa shape index (κ1) is 21.4. The van der Waals surface area contributed by atoms with Crippen LogP contribution in [-0.4, -0.2) is 20.9 Å². The van der Waals surface area contributed by atoms with Crippen LogP contribution in [0, 0.1) is 13.8 Å². The Hall–Kier alpha value is -3.32. The van der Waals surface area contributed by atoms with Gasteiger partial charge in [0.25, 0.3) is 15.9 Å². The first-order chi connectivity index (χ1) is 14.3. The lowest BCUT2D eigenvalue weighted by molar-refractivity contribution is 0.102. The Morgan fingerprint density at radius 1 is 0.933 bits per heavy atom. The number of carbonyl (C=O) groups is 1. The van der Waals surface area contributed by atoms with E-state index in [-0.39, 0.29) is 10.8 Å². The lowest BCUT2D eigenvalue weighted by Crippen LogP contribution is -2.15. The molecule has 3 rings (SSSR count). The molecule has 0 saturated carbocycles. The normalized spacial score (nSPS) is 11.0. The fourth-order valence-electron chi connectivity index (χ4n) is 2.93. The predicted molar refractivity (Wildman–Crippen MR) is 119 cm³/mol. The predicted octanol–water partition coefficient (Wildman–Crippen LogP) is 4.76. The Morgan fingerprint density at radius 3 is 2.20 bits per heavy atom. The van der Waals surface area contributed by atoms with Gasteiger partial charge in [-0.15, -0.1) is 0 Å². The van der Waals surface area contributed by atoms with Gasteiger partial charge < -0.3 is 10.1 Å². The molecule has 0 bridgehead atoms. The number of aryl methyl sites for hydroxylation is 2. The number of benzene rings is 3. The summed E-state index contributed by atoms with van der Waals surface area (Å²) in [6.45, 7) is 6.32. The highest BCUT2D eigenvalue weighted by atomic mass is 32.2. The number of rotatable bonds is 7. The topological polar surface area (TPSA) is 84.5 Å². The zero-order valence-electron chi connectivity index (χ0n) is 17.1. The maximum atomic E-state index is 12.6. The van der Waals surface area contributed by atoms with Crippen LogP contribution in [0.1, 0.15) is 28.4 Å². The minimum absolute atomic E-state index is 0.0689. The number of hydrogen-bond donors (Lipinski definition) is 2. The third kappa shape index (κ3) is 5.18. The van der Waals surface area contributed by atoms with Crippen LogP contribution in [0.25, 0.3) is 0 Å². The van der Waals surface area contributed by atoms with Crippen molar-refractivity contribution in [2.75, 3.05) is 16.6 Å². The van der Waals surface area contributed by atoms with Crippen molar-refractivity contribution in [2.24, 2.45) is 0 Å². The summed E-state index contributed by atoms with van der Waals surface area (Å²) < 4.78 is 33.1. The number of sulfonamides is 1. The quantitative estimate of drug-likeness (QED) is 0.573. The van der Waals surface area contributed by atoms with E-state index in [2.05, 4.69) is 10.0 Å². The molecule has 6 nitrogen and oxygen atoms in total. The van der Waals surface area contributed by atoms with E-state index < -0.39 is 10.0 Å². The maximum absolute atomic E-state index is 12.6. The standard InChI is InChI=1S/C23H24N2O4S/c1-4-29-20-10-8-19(9-11-20)25-30(27,28)21-12-6-18(7-13-21)23(26)24-22-14-5-16(2)15-17(22)3/h5-15,25H,4H2,1-3H3,(H,24,26). The SMILES string of the molecule is CCOc1ccc(NS(=O)(=O)c2ccc(C(=O)Nc3ccc(C)cc3C)cc2)cc1. The van der Waals surface area contributed by atoms with Gasteiger partial charge in [-0.2, -0.15) is 0 Å². The third-order valence-corrected chi connectivity index (χ3v) is 5.87. The van der Waals surface area contributed by atoms with Crippen LogP contribution >= 0.6 is 0 Å². The minimum Gasteiger partial charge on any atom is -0.494 e. The van der Waals surface area contributed by atoms with Crippen LogP contribution in [0.2, 0.25) is 0 Å². The van der Waals surface area contributed by atoms with Gasteiger partial charge in [-0.1, -0.05) is 17.7 Å². The average molecular weight is 425 g/mol. The van der Waals surface area contributed by atoms with Gasteiger partial charge >= 0.3 is 0 Å². The van der Waals surface area contributed by atoms with Crippen molar-refractivity contribution in [1.29, 1.82) is 0 Å². The zero-order valence-corrected chi connectivity index (χ0v) is 17.9. The van der Waals surface area contributed by atoms with Crippen molar-refractivity contribution < 1.29 is 17.9 Å². The Kier molecular flexibility index (Phi) is 6.42. The van der Waals surface area contributed by atoms with Gasteiger partial charge in [0.15, 0.2) is 0 Å². The highest BCUT2D eigenvalue weighted by Crippen LogP contribution is 2.21. The first-order valence-electron chi connectivity index (χ1n) is 9.53. The monoisotopic (exact) mass is 424 g/mol. The molecule has 0 fully saturated rings. The molecule has 0 spiro atoms. The number of anilines is 2. The van der Waals surface area contributed by atoms with Crippen LogP contribution in [0.5, 0.6) is 5.75 Å².